The minimum Gasteiger partial charge on any atom is -0.186 e. The smallest absolute Gasteiger partial charge is 0.186 e. The zero-order chi connectivity index (χ0) is 30.1. The molecule has 0 saturated heterocycles. The first kappa shape index (κ1) is 40.4. The van der Waals surface area contributed by atoms with Crippen LogP contribution in [0.25, 0.3) is 0 Å². The third kappa shape index (κ3) is 24.1. The van der Waals surface area contributed by atoms with Crippen LogP contribution in [0.5, 0.6) is 0 Å². The minimum absolute atomic E-state index is 0.250. The fraction of sp³-hybridized carbons (Fsp3) is 0.833. The molecule has 1 rings (SSSR count). The third-order valence-corrected chi connectivity index (χ3v) is 8.48. The quantitative estimate of drug-likeness (QED) is 0.0920. The van der Waals surface area contributed by atoms with Crippen LogP contribution in [0.1, 0.15) is 169 Å². The van der Waals surface area contributed by atoms with Crippen molar-refractivity contribution in [3.63, 3.8) is 0 Å². The summed E-state index contributed by atoms with van der Waals surface area (Å²) in [6.45, 7) is 9.33. The van der Waals surface area contributed by atoms with Gasteiger partial charge in [-0.05, 0) is 62.2 Å². The highest BCUT2D eigenvalue weighted by Crippen LogP contribution is 2.44. The second kappa shape index (κ2) is 33.4. The minimum atomic E-state index is 0.250. The number of hydrogen-bond acceptors (Lipinski definition) is 4. The molecular formula is C36H64O4. The summed E-state index contributed by atoms with van der Waals surface area (Å²) in [7, 11) is 0. The van der Waals surface area contributed by atoms with E-state index in [4.69, 9.17) is 19.2 Å². The maximum Gasteiger partial charge on any atom is 0.373 e. The van der Waals surface area contributed by atoms with E-state index in [1.165, 1.54) is 141 Å². The monoisotopic (exact) mass is 560 g/mol. The largest absolute Gasteiger partial charge is 0.373 e. The van der Waals surface area contributed by atoms with Crippen molar-refractivity contribution in [2.45, 2.75) is 169 Å². The first-order valence-electron chi connectivity index (χ1n) is 16.9. The average molecular weight is 561 g/mol. The van der Waals surface area contributed by atoms with Crippen LogP contribution >= 0.6 is 0 Å². The molecular weight excluding hydrogens is 496 g/mol. The van der Waals surface area contributed by atoms with Crippen molar-refractivity contribution < 1.29 is 19.2 Å². The van der Waals surface area contributed by atoms with Gasteiger partial charge in [0.2, 0.25) is 0 Å². The molecule has 4 unspecified atom stereocenters. The lowest BCUT2D eigenvalue weighted by Gasteiger charge is -2.40. The Bertz CT molecular complexity index is 629. The zero-order valence-corrected chi connectivity index (χ0v) is 26.8. The van der Waals surface area contributed by atoms with Crippen LogP contribution in [0.2, 0.25) is 0 Å². The van der Waals surface area contributed by atoms with Gasteiger partial charge in [-0.25, -0.2) is 0 Å². The Hall–Kier alpha value is -1.76. The Morgan fingerprint density at radius 1 is 0.475 bits per heavy atom. The van der Waals surface area contributed by atoms with Gasteiger partial charge in [0.25, 0.3) is 0 Å². The van der Waals surface area contributed by atoms with Crippen LogP contribution in [0.4, 0.5) is 0 Å². The summed E-state index contributed by atoms with van der Waals surface area (Å²) in [5.41, 5.74) is 0. The molecule has 0 aliphatic heterocycles. The van der Waals surface area contributed by atoms with Crippen LogP contribution in [0.3, 0.4) is 0 Å². The van der Waals surface area contributed by atoms with Crippen LogP contribution < -0.4 is 0 Å². The lowest BCUT2D eigenvalue weighted by molar-refractivity contribution is -0.193. The van der Waals surface area contributed by atoms with E-state index in [9.17, 15) is 0 Å². The van der Waals surface area contributed by atoms with Crippen molar-refractivity contribution in [3.8, 4) is 0 Å². The molecule has 0 aromatic carbocycles. The number of hydrogen-bond donors (Lipinski definition) is 0. The lowest BCUT2D eigenvalue weighted by Crippen LogP contribution is -2.31. The van der Waals surface area contributed by atoms with Gasteiger partial charge in [-0.15, -0.1) is 0 Å². The molecule has 0 aromatic heterocycles. The molecule has 0 heterocycles. The van der Waals surface area contributed by atoms with Gasteiger partial charge in [0, 0.05) is 0 Å². The number of unbranched alkanes of at least 4 members (excludes halogenated alkanes) is 14. The molecule has 40 heavy (non-hydrogen) atoms. The zero-order valence-electron chi connectivity index (χ0n) is 26.8. The Morgan fingerprint density at radius 3 is 1.32 bits per heavy atom. The highest BCUT2D eigenvalue weighted by molar-refractivity contribution is 5.20. The lowest BCUT2D eigenvalue weighted by atomic mass is 9.65. The van der Waals surface area contributed by atoms with E-state index in [-0.39, 0.29) is 12.3 Å². The van der Waals surface area contributed by atoms with Crippen molar-refractivity contribution in [1.82, 2.24) is 0 Å². The summed E-state index contributed by atoms with van der Waals surface area (Å²) in [6.07, 6.45) is 42.0. The summed E-state index contributed by atoms with van der Waals surface area (Å²) in [5, 5.41) is 0. The maximum absolute atomic E-state index is 8.12. The van der Waals surface area contributed by atoms with Crippen molar-refractivity contribution in [2.75, 3.05) is 0 Å². The normalized spacial score (nSPS) is 19.7. The SMILES string of the molecule is CCCCCC=CCC1C(CCCCCC)C=CC(CCCCCCC)C1CCCCCCC.O=C=O.O=C=O. The fourth-order valence-corrected chi connectivity index (χ4v) is 6.26. The van der Waals surface area contributed by atoms with Crippen LogP contribution in [-0.4, -0.2) is 12.3 Å². The Balaban J connectivity index is 0. The molecule has 0 spiro atoms. The standard InChI is InChI=1S/C34H64.2CO2/c1-5-9-13-17-20-24-28-34-31(25-21-16-12-8-4)29-30-32(26-22-18-14-10-6-2)33(34)27-23-19-15-11-7-3;2*2-1-3/h20,24,29-34H,5-19,21-23,25-28H2,1-4H3;;. The van der Waals surface area contributed by atoms with Crippen molar-refractivity contribution in [2.24, 2.45) is 23.7 Å². The van der Waals surface area contributed by atoms with Gasteiger partial charge < -0.3 is 0 Å². The molecule has 0 saturated carbocycles. The van der Waals surface area contributed by atoms with Gasteiger partial charge in [0.15, 0.2) is 0 Å². The highest BCUT2D eigenvalue weighted by atomic mass is 16.2. The molecule has 4 atom stereocenters. The van der Waals surface area contributed by atoms with Gasteiger partial charge in [0.1, 0.15) is 0 Å². The first-order valence-corrected chi connectivity index (χ1v) is 16.9. The molecule has 0 bridgehead atoms. The Kier molecular flexibility index (Phi) is 33.8. The van der Waals surface area contributed by atoms with E-state index >= 15 is 0 Å². The molecule has 1 aliphatic carbocycles. The Labute approximate surface area is 248 Å². The summed E-state index contributed by atoms with van der Waals surface area (Å²) in [4.78, 5) is 32.5. The number of rotatable bonds is 23. The van der Waals surface area contributed by atoms with Crippen molar-refractivity contribution >= 4 is 12.3 Å². The molecule has 0 amide bonds. The predicted molar refractivity (Wildman–Crippen MR) is 167 cm³/mol. The summed E-state index contributed by atoms with van der Waals surface area (Å²) >= 11 is 0. The molecule has 4 heteroatoms. The van der Waals surface area contributed by atoms with Gasteiger partial charge in [-0.1, -0.05) is 155 Å². The molecule has 232 valence electrons. The average Bonchev–Trinajstić information content (AvgIpc) is 2.95. The summed E-state index contributed by atoms with van der Waals surface area (Å²) in [6, 6.07) is 0. The number of carbonyl (C=O) groups excluding carboxylic acids is 4. The van der Waals surface area contributed by atoms with Crippen LogP contribution in [-0.2, 0) is 19.2 Å². The summed E-state index contributed by atoms with van der Waals surface area (Å²) in [5.74, 6) is 3.49. The highest BCUT2D eigenvalue weighted by Gasteiger charge is 2.34. The van der Waals surface area contributed by atoms with E-state index < -0.39 is 0 Å². The van der Waals surface area contributed by atoms with E-state index in [2.05, 4.69) is 52.0 Å². The predicted octanol–water partition coefficient (Wildman–Crippen LogP) is 11.1. The molecule has 1 aliphatic rings. The molecule has 4 nitrogen and oxygen atoms in total. The molecule has 0 N–H and O–H groups in total. The van der Waals surface area contributed by atoms with Gasteiger partial charge in [-0.3, -0.25) is 0 Å². The van der Waals surface area contributed by atoms with Gasteiger partial charge in [-0.2, -0.15) is 19.2 Å². The number of allylic oxidation sites excluding steroid dienone is 4. The van der Waals surface area contributed by atoms with Crippen molar-refractivity contribution in [1.29, 1.82) is 0 Å². The van der Waals surface area contributed by atoms with Crippen LogP contribution in [0, 0.1) is 23.7 Å². The van der Waals surface area contributed by atoms with E-state index in [1.807, 2.05) is 0 Å². The van der Waals surface area contributed by atoms with E-state index in [0.29, 0.717) is 0 Å². The Morgan fingerprint density at radius 2 is 0.850 bits per heavy atom. The second-order valence-corrected chi connectivity index (χ2v) is 11.7. The topological polar surface area (TPSA) is 68.3 Å². The van der Waals surface area contributed by atoms with E-state index in [0.717, 1.165) is 23.7 Å². The molecule has 0 fully saturated rings. The van der Waals surface area contributed by atoms with Gasteiger partial charge in [0.05, 0.1) is 0 Å². The van der Waals surface area contributed by atoms with Gasteiger partial charge >= 0.3 is 12.3 Å². The molecule has 0 aromatic rings. The first-order chi connectivity index (χ1) is 19.6. The second-order valence-electron chi connectivity index (χ2n) is 11.7. The van der Waals surface area contributed by atoms with Crippen molar-refractivity contribution in [3.05, 3.63) is 24.3 Å². The molecule has 0 radical (unpaired) electrons. The summed E-state index contributed by atoms with van der Waals surface area (Å²) < 4.78 is 0. The third-order valence-electron chi connectivity index (χ3n) is 8.48. The van der Waals surface area contributed by atoms with E-state index in [1.54, 1.807) is 0 Å². The van der Waals surface area contributed by atoms with Crippen LogP contribution in [0.15, 0.2) is 24.3 Å². The maximum atomic E-state index is 8.12. The fourth-order valence-electron chi connectivity index (χ4n) is 6.26.